The summed E-state index contributed by atoms with van der Waals surface area (Å²) in [6.07, 6.45) is 0. The number of aromatic amines is 1. The Morgan fingerprint density at radius 3 is 2.48 bits per heavy atom. The lowest BCUT2D eigenvalue weighted by atomic mass is 10.1. The van der Waals surface area contributed by atoms with Gasteiger partial charge in [-0.2, -0.15) is 5.10 Å². The van der Waals surface area contributed by atoms with Crippen LogP contribution < -0.4 is 15.5 Å². The van der Waals surface area contributed by atoms with Gasteiger partial charge in [0.05, 0.1) is 5.69 Å². The van der Waals surface area contributed by atoms with E-state index < -0.39 is 0 Å². The van der Waals surface area contributed by atoms with Gasteiger partial charge in [-0.3, -0.25) is 14.8 Å². The Balaban J connectivity index is 1.71. The van der Waals surface area contributed by atoms with Gasteiger partial charge in [0.15, 0.2) is 0 Å². The summed E-state index contributed by atoms with van der Waals surface area (Å²) in [4.78, 5) is 25.5. The molecule has 0 aliphatic heterocycles. The Hall–Kier alpha value is -3.81. The van der Waals surface area contributed by atoms with Crippen LogP contribution in [0.2, 0.25) is 0 Å². The summed E-state index contributed by atoms with van der Waals surface area (Å²) in [7, 11) is 3.21. The number of carbonyl (C=O) groups excluding carboxylic acids is 2. The molecule has 27 heavy (non-hydrogen) atoms. The second-order valence-electron chi connectivity index (χ2n) is 5.80. The molecule has 0 aliphatic rings. The minimum atomic E-state index is -0.364. The molecule has 0 bridgehead atoms. The van der Waals surface area contributed by atoms with E-state index in [1.54, 1.807) is 68.7 Å². The van der Waals surface area contributed by atoms with Crippen LogP contribution in [0, 0.1) is 0 Å². The van der Waals surface area contributed by atoms with Crippen molar-refractivity contribution in [3.05, 3.63) is 60.3 Å². The molecule has 0 aliphatic carbocycles. The number of carbonyl (C=O) groups is 2. The number of nitrogens with one attached hydrogen (secondary N) is 3. The normalized spacial score (nSPS) is 10.3. The average molecular weight is 365 g/mol. The number of hydrogen-bond acceptors (Lipinski definition) is 4. The molecule has 4 N–H and O–H groups in total. The van der Waals surface area contributed by atoms with Gasteiger partial charge in [0.1, 0.15) is 11.4 Å². The smallest absolute Gasteiger partial charge is 0.321 e. The summed E-state index contributed by atoms with van der Waals surface area (Å²) in [5.74, 6) is -0.275. The van der Waals surface area contributed by atoms with Crippen molar-refractivity contribution in [2.45, 2.75) is 0 Å². The van der Waals surface area contributed by atoms with Gasteiger partial charge in [0.2, 0.25) is 0 Å². The van der Waals surface area contributed by atoms with E-state index in [0.717, 1.165) is 0 Å². The molecule has 0 atom stereocenters. The highest BCUT2D eigenvalue weighted by molar-refractivity contribution is 6.03. The van der Waals surface area contributed by atoms with Gasteiger partial charge in [0, 0.05) is 31.0 Å². The monoisotopic (exact) mass is 365 g/mol. The lowest BCUT2D eigenvalue weighted by molar-refractivity contribution is 0.102. The van der Waals surface area contributed by atoms with Gasteiger partial charge in [-0.1, -0.05) is 12.1 Å². The van der Waals surface area contributed by atoms with Crippen molar-refractivity contribution in [3.8, 4) is 17.0 Å². The van der Waals surface area contributed by atoms with Crippen LogP contribution in [0.5, 0.6) is 5.75 Å². The van der Waals surface area contributed by atoms with E-state index in [4.69, 9.17) is 0 Å². The maximum atomic E-state index is 12.4. The number of benzene rings is 2. The first-order valence-electron chi connectivity index (χ1n) is 8.20. The molecule has 0 spiro atoms. The minimum absolute atomic E-state index is 0.0896. The van der Waals surface area contributed by atoms with E-state index in [1.807, 2.05) is 0 Å². The molecule has 0 saturated heterocycles. The highest BCUT2D eigenvalue weighted by atomic mass is 16.3. The van der Waals surface area contributed by atoms with E-state index in [0.29, 0.717) is 22.6 Å². The number of aromatic nitrogens is 2. The molecule has 2 aromatic carbocycles. The van der Waals surface area contributed by atoms with Gasteiger partial charge < -0.3 is 15.7 Å². The van der Waals surface area contributed by atoms with Crippen LogP contribution in [0.15, 0.2) is 54.6 Å². The number of hydrogen-bond donors (Lipinski definition) is 4. The fourth-order valence-corrected chi connectivity index (χ4v) is 2.52. The number of para-hydroxylation sites is 1. The molecule has 138 valence electrons. The van der Waals surface area contributed by atoms with Crippen LogP contribution in [0.25, 0.3) is 11.3 Å². The Bertz CT molecular complexity index is 965. The number of rotatable bonds is 4. The van der Waals surface area contributed by atoms with Crippen molar-refractivity contribution < 1.29 is 14.7 Å². The number of aromatic hydroxyl groups is 1. The van der Waals surface area contributed by atoms with Gasteiger partial charge >= 0.3 is 6.03 Å². The van der Waals surface area contributed by atoms with Crippen LogP contribution in [-0.2, 0) is 0 Å². The molecule has 3 aromatic rings. The first-order valence-corrected chi connectivity index (χ1v) is 8.20. The maximum Gasteiger partial charge on any atom is 0.321 e. The number of phenols is 1. The fraction of sp³-hybridized carbons (Fsp3) is 0.105. The van der Waals surface area contributed by atoms with E-state index in [9.17, 15) is 14.7 Å². The summed E-state index contributed by atoms with van der Waals surface area (Å²) < 4.78 is 0. The summed E-state index contributed by atoms with van der Waals surface area (Å²) >= 11 is 0. The van der Waals surface area contributed by atoms with Gasteiger partial charge in [-0.15, -0.1) is 0 Å². The van der Waals surface area contributed by atoms with Gasteiger partial charge in [0.25, 0.3) is 5.91 Å². The highest BCUT2D eigenvalue weighted by Crippen LogP contribution is 2.27. The predicted octanol–water partition coefficient (Wildman–Crippen LogP) is 2.81. The van der Waals surface area contributed by atoms with Gasteiger partial charge in [-0.25, -0.2) is 4.79 Å². The zero-order valence-corrected chi connectivity index (χ0v) is 14.9. The third-order valence-corrected chi connectivity index (χ3v) is 4.03. The van der Waals surface area contributed by atoms with Crippen LogP contribution in [0.3, 0.4) is 0 Å². The van der Waals surface area contributed by atoms with Crippen LogP contribution in [0.4, 0.5) is 16.2 Å². The predicted molar refractivity (Wildman–Crippen MR) is 103 cm³/mol. The van der Waals surface area contributed by atoms with Crippen LogP contribution >= 0.6 is 0 Å². The SMILES string of the molecule is CNC(=O)N(C)c1ccc(NC(=O)c2cc(-c3ccccc3O)n[nH]2)cc1. The lowest BCUT2D eigenvalue weighted by Crippen LogP contribution is -2.34. The number of urea groups is 1. The molecule has 3 rings (SSSR count). The minimum Gasteiger partial charge on any atom is -0.507 e. The highest BCUT2D eigenvalue weighted by Gasteiger charge is 2.14. The molecule has 1 heterocycles. The zero-order valence-electron chi connectivity index (χ0n) is 14.9. The number of anilines is 2. The van der Waals surface area contributed by atoms with Crippen LogP contribution in [0.1, 0.15) is 10.5 Å². The Morgan fingerprint density at radius 1 is 1.11 bits per heavy atom. The Labute approximate surface area is 155 Å². The maximum absolute atomic E-state index is 12.4. The first kappa shape index (κ1) is 18.0. The molecule has 0 saturated carbocycles. The largest absolute Gasteiger partial charge is 0.507 e. The molecule has 8 heteroatoms. The van der Waals surface area contributed by atoms with Crippen molar-refractivity contribution in [2.24, 2.45) is 0 Å². The third kappa shape index (κ3) is 3.90. The quantitative estimate of drug-likeness (QED) is 0.570. The summed E-state index contributed by atoms with van der Waals surface area (Å²) in [5, 5.41) is 21.9. The second-order valence-corrected chi connectivity index (χ2v) is 5.80. The molecular formula is C19H19N5O3. The third-order valence-electron chi connectivity index (χ3n) is 4.03. The van der Waals surface area contributed by atoms with E-state index in [-0.39, 0.29) is 23.4 Å². The Morgan fingerprint density at radius 2 is 1.81 bits per heavy atom. The summed E-state index contributed by atoms with van der Waals surface area (Å²) in [6.45, 7) is 0. The van der Waals surface area contributed by atoms with Crippen molar-refractivity contribution in [1.29, 1.82) is 0 Å². The summed E-state index contributed by atoms with van der Waals surface area (Å²) in [6, 6.07) is 15.0. The molecule has 0 unspecified atom stereocenters. The number of nitrogens with zero attached hydrogens (tertiary/aromatic N) is 2. The Kier molecular flexibility index (Phi) is 5.07. The molecule has 1 aromatic heterocycles. The zero-order chi connectivity index (χ0) is 19.4. The van der Waals surface area contributed by atoms with E-state index in [1.165, 1.54) is 4.90 Å². The van der Waals surface area contributed by atoms with Crippen LogP contribution in [-0.4, -0.2) is 41.3 Å². The molecule has 8 nitrogen and oxygen atoms in total. The summed E-state index contributed by atoms with van der Waals surface area (Å²) in [5.41, 5.74) is 2.54. The second kappa shape index (κ2) is 7.61. The molecular weight excluding hydrogens is 346 g/mol. The van der Waals surface area contributed by atoms with E-state index >= 15 is 0 Å². The number of H-pyrrole nitrogens is 1. The first-order chi connectivity index (χ1) is 13.0. The van der Waals surface area contributed by atoms with Crippen molar-refractivity contribution in [3.63, 3.8) is 0 Å². The molecule has 3 amide bonds. The molecule has 0 fully saturated rings. The fourth-order valence-electron chi connectivity index (χ4n) is 2.52. The van der Waals surface area contributed by atoms with E-state index in [2.05, 4.69) is 20.8 Å². The van der Waals surface area contributed by atoms with Crippen molar-refractivity contribution in [1.82, 2.24) is 15.5 Å². The number of phenolic OH excluding ortho intramolecular Hbond substituents is 1. The average Bonchev–Trinajstić information content (AvgIpc) is 3.18. The standard InChI is InChI=1S/C19H19N5O3/c1-20-19(27)24(2)13-9-7-12(8-10-13)21-18(26)16-11-15(22-23-16)14-5-3-4-6-17(14)25/h3-11,25H,1-2H3,(H,20,27)(H,21,26)(H,22,23). The van der Waals surface area contributed by atoms with Gasteiger partial charge in [-0.05, 0) is 42.5 Å². The lowest BCUT2D eigenvalue weighted by Gasteiger charge is -2.16. The number of amides is 3. The van der Waals surface area contributed by atoms with Crippen molar-refractivity contribution in [2.75, 3.05) is 24.3 Å². The molecule has 0 radical (unpaired) electrons. The topological polar surface area (TPSA) is 110 Å². The van der Waals surface area contributed by atoms with Crippen molar-refractivity contribution >= 4 is 23.3 Å².